The first-order valence-electron chi connectivity index (χ1n) is 7.76. The number of ether oxygens (including phenoxy) is 1. The molecule has 1 N–H and O–H groups in total. The van der Waals surface area contributed by atoms with E-state index in [0.29, 0.717) is 12.3 Å². The number of rotatable bonds is 5. The molecule has 1 heterocycles. The number of halogens is 4. The molecule has 0 aliphatic carbocycles. The first-order valence-corrected chi connectivity index (χ1v) is 7.76. The Morgan fingerprint density at radius 1 is 1.22 bits per heavy atom. The second-order valence-electron chi connectivity index (χ2n) is 6.16. The Balaban J connectivity index is 2.30. The summed E-state index contributed by atoms with van der Waals surface area (Å²) in [5.74, 6) is -0.581. The molecule has 0 saturated carbocycles. The average molecular weight is 334 g/mol. The molecule has 3 nitrogen and oxygen atoms in total. The van der Waals surface area contributed by atoms with Crippen LogP contribution in [-0.4, -0.2) is 37.4 Å². The van der Waals surface area contributed by atoms with Gasteiger partial charge in [-0.1, -0.05) is 13.8 Å². The molecule has 0 radical (unpaired) electrons. The minimum atomic E-state index is -4.78. The Bertz CT molecular complexity index is 513. The lowest BCUT2D eigenvalue weighted by Gasteiger charge is -2.36. The maximum absolute atomic E-state index is 14.3. The van der Waals surface area contributed by atoms with E-state index in [2.05, 4.69) is 15.0 Å². The Kier molecular flexibility index (Phi) is 5.86. The predicted octanol–water partition coefficient (Wildman–Crippen LogP) is 3.72. The second-order valence-corrected chi connectivity index (χ2v) is 6.16. The summed E-state index contributed by atoms with van der Waals surface area (Å²) in [6, 6.07) is 2.98. The zero-order chi connectivity index (χ0) is 17.0. The van der Waals surface area contributed by atoms with Gasteiger partial charge in [0.25, 0.3) is 0 Å². The molecular weight excluding hydrogens is 312 g/mol. The molecule has 1 aliphatic rings. The van der Waals surface area contributed by atoms with Crippen LogP contribution in [0.15, 0.2) is 18.2 Å². The summed E-state index contributed by atoms with van der Waals surface area (Å²) in [5, 5.41) is 3.22. The Morgan fingerprint density at radius 3 is 2.43 bits per heavy atom. The second kappa shape index (κ2) is 7.49. The standard InChI is InChI=1S/C16H22F4N2O/c1-11(2)9-15(22-7-5-21-6-8-22)13-10-12(3-4-14(13)17)23-16(18,19)20/h3-4,10-11,15,21H,5-9H2,1-2H3/t15-/m1/s1. The van der Waals surface area contributed by atoms with E-state index in [-0.39, 0.29) is 17.4 Å². The molecule has 1 atom stereocenters. The first kappa shape index (κ1) is 18.0. The van der Waals surface area contributed by atoms with Gasteiger partial charge in [-0.05, 0) is 30.5 Å². The van der Waals surface area contributed by atoms with E-state index in [4.69, 9.17) is 0 Å². The number of benzene rings is 1. The predicted molar refractivity (Wildman–Crippen MR) is 79.7 cm³/mol. The number of nitrogens with one attached hydrogen (secondary N) is 1. The van der Waals surface area contributed by atoms with E-state index in [9.17, 15) is 17.6 Å². The SMILES string of the molecule is CC(C)C[C@H](c1cc(OC(F)(F)F)ccc1F)N1CCNCC1. The third-order valence-corrected chi connectivity index (χ3v) is 3.85. The summed E-state index contributed by atoms with van der Waals surface area (Å²) in [6.07, 6.45) is -4.11. The van der Waals surface area contributed by atoms with Crippen LogP contribution in [-0.2, 0) is 0 Å². The van der Waals surface area contributed by atoms with Crippen molar-refractivity contribution in [3.8, 4) is 5.75 Å². The number of hydrogen-bond donors (Lipinski definition) is 1. The molecule has 1 aromatic carbocycles. The molecule has 0 bridgehead atoms. The Morgan fingerprint density at radius 2 is 1.87 bits per heavy atom. The summed E-state index contributed by atoms with van der Waals surface area (Å²) >= 11 is 0. The van der Waals surface area contributed by atoms with Gasteiger partial charge in [-0.25, -0.2) is 4.39 Å². The quantitative estimate of drug-likeness (QED) is 0.831. The molecule has 7 heteroatoms. The zero-order valence-corrected chi connectivity index (χ0v) is 13.3. The van der Waals surface area contributed by atoms with Crippen LogP contribution < -0.4 is 10.1 Å². The number of hydrogen-bond acceptors (Lipinski definition) is 3. The van der Waals surface area contributed by atoms with Crippen LogP contribution in [0.4, 0.5) is 17.6 Å². The van der Waals surface area contributed by atoms with Gasteiger partial charge in [0, 0.05) is 37.8 Å². The highest BCUT2D eigenvalue weighted by Gasteiger charge is 2.32. The fourth-order valence-corrected chi connectivity index (χ4v) is 2.89. The smallest absolute Gasteiger partial charge is 0.406 e. The Hall–Kier alpha value is -1.34. The zero-order valence-electron chi connectivity index (χ0n) is 13.3. The van der Waals surface area contributed by atoms with Crippen LogP contribution in [0.2, 0.25) is 0 Å². The van der Waals surface area contributed by atoms with Gasteiger partial charge < -0.3 is 10.1 Å². The highest BCUT2D eigenvalue weighted by atomic mass is 19.4. The lowest BCUT2D eigenvalue weighted by atomic mass is 9.94. The molecule has 23 heavy (non-hydrogen) atoms. The highest BCUT2D eigenvalue weighted by molar-refractivity contribution is 5.32. The van der Waals surface area contributed by atoms with Crippen molar-refractivity contribution in [3.05, 3.63) is 29.6 Å². The van der Waals surface area contributed by atoms with Crippen LogP contribution in [0.3, 0.4) is 0 Å². The van der Waals surface area contributed by atoms with Gasteiger partial charge in [0.2, 0.25) is 0 Å². The topological polar surface area (TPSA) is 24.5 Å². The molecule has 1 saturated heterocycles. The van der Waals surface area contributed by atoms with E-state index < -0.39 is 12.2 Å². The van der Waals surface area contributed by atoms with E-state index >= 15 is 0 Å². The van der Waals surface area contributed by atoms with Crippen LogP contribution in [0.25, 0.3) is 0 Å². The minimum Gasteiger partial charge on any atom is -0.406 e. The molecule has 0 spiro atoms. The van der Waals surface area contributed by atoms with Crippen molar-refractivity contribution in [3.63, 3.8) is 0 Å². The number of piperazine rings is 1. The minimum absolute atomic E-state index is 0.256. The van der Waals surface area contributed by atoms with Gasteiger partial charge in [-0.2, -0.15) is 0 Å². The lowest BCUT2D eigenvalue weighted by molar-refractivity contribution is -0.274. The third kappa shape index (κ3) is 5.35. The summed E-state index contributed by atoms with van der Waals surface area (Å²) in [5.41, 5.74) is 0.266. The molecular formula is C16H22F4N2O. The average Bonchev–Trinajstić information content (AvgIpc) is 2.46. The molecule has 0 unspecified atom stereocenters. The van der Waals surface area contributed by atoms with E-state index in [1.165, 1.54) is 6.07 Å². The van der Waals surface area contributed by atoms with Gasteiger partial charge in [0.05, 0.1) is 0 Å². The van der Waals surface area contributed by atoms with E-state index in [0.717, 1.165) is 38.3 Å². The normalized spacial score (nSPS) is 18.2. The van der Waals surface area contributed by atoms with Crippen molar-refractivity contribution in [1.29, 1.82) is 0 Å². The van der Waals surface area contributed by atoms with Gasteiger partial charge in [-0.3, -0.25) is 4.90 Å². The maximum Gasteiger partial charge on any atom is 0.573 e. The molecule has 2 rings (SSSR count). The first-order chi connectivity index (χ1) is 10.8. The monoisotopic (exact) mass is 334 g/mol. The van der Waals surface area contributed by atoms with Crippen molar-refractivity contribution in [1.82, 2.24) is 10.2 Å². The molecule has 0 aromatic heterocycles. The van der Waals surface area contributed by atoms with Crippen LogP contribution in [0.1, 0.15) is 31.9 Å². The maximum atomic E-state index is 14.3. The number of alkyl halides is 3. The summed E-state index contributed by atoms with van der Waals surface area (Å²) in [4.78, 5) is 2.12. The lowest BCUT2D eigenvalue weighted by Crippen LogP contribution is -2.45. The largest absolute Gasteiger partial charge is 0.573 e. The van der Waals surface area contributed by atoms with Crippen LogP contribution in [0, 0.1) is 11.7 Å². The van der Waals surface area contributed by atoms with E-state index in [1.54, 1.807) is 0 Å². The molecule has 0 amide bonds. The molecule has 1 fully saturated rings. The van der Waals surface area contributed by atoms with Crippen molar-refractivity contribution >= 4 is 0 Å². The summed E-state index contributed by atoms with van der Waals surface area (Å²) in [7, 11) is 0. The highest BCUT2D eigenvalue weighted by Crippen LogP contribution is 2.33. The van der Waals surface area contributed by atoms with E-state index in [1.807, 2.05) is 13.8 Å². The van der Waals surface area contributed by atoms with Crippen LogP contribution >= 0.6 is 0 Å². The van der Waals surface area contributed by atoms with Crippen molar-refractivity contribution in [2.75, 3.05) is 26.2 Å². The third-order valence-electron chi connectivity index (χ3n) is 3.85. The van der Waals surface area contributed by atoms with Crippen molar-refractivity contribution in [2.45, 2.75) is 32.7 Å². The summed E-state index contributed by atoms with van der Waals surface area (Å²) < 4.78 is 55.4. The summed E-state index contributed by atoms with van der Waals surface area (Å²) in [6.45, 7) is 7.08. The Labute approximate surface area is 133 Å². The van der Waals surface area contributed by atoms with Crippen LogP contribution in [0.5, 0.6) is 5.75 Å². The van der Waals surface area contributed by atoms with Crippen molar-refractivity contribution < 1.29 is 22.3 Å². The molecule has 130 valence electrons. The fraction of sp³-hybridized carbons (Fsp3) is 0.625. The van der Waals surface area contributed by atoms with Crippen molar-refractivity contribution in [2.24, 2.45) is 5.92 Å². The van der Waals surface area contributed by atoms with Gasteiger partial charge in [-0.15, -0.1) is 13.2 Å². The van der Waals surface area contributed by atoms with Gasteiger partial charge in [0.1, 0.15) is 11.6 Å². The van der Waals surface area contributed by atoms with Gasteiger partial charge >= 0.3 is 6.36 Å². The fourth-order valence-electron chi connectivity index (χ4n) is 2.89. The van der Waals surface area contributed by atoms with Gasteiger partial charge in [0.15, 0.2) is 0 Å². The number of nitrogens with zero attached hydrogens (tertiary/aromatic N) is 1. The molecule has 1 aliphatic heterocycles. The molecule has 1 aromatic rings.